The van der Waals surface area contributed by atoms with Crippen molar-refractivity contribution in [1.82, 2.24) is 15.5 Å². The van der Waals surface area contributed by atoms with Gasteiger partial charge >= 0.3 is 6.03 Å². The Morgan fingerprint density at radius 1 is 1.05 bits per heavy atom. The minimum Gasteiger partial charge on any atom is -0.337 e. The van der Waals surface area contributed by atoms with Gasteiger partial charge in [-0.05, 0) is 69.4 Å². The first kappa shape index (κ1) is 15.1. The Hall–Kier alpha value is -0.770. The highest BCUT2D eigenvalue weighted by molar-refractivity contribution is 5.74. The van der Waals surface area contributed by atoms with Crippen LogP contribution in [0.5, 0.6) is 0 Å². The summed E-state index contributed by atoms with van der Waals surface area (Å²) < 4.78 is 0. The molecule has 0 unspecified atom stereocenters. The van der Waals surface area contributed by atoms with E-state index in [0.29, 0.717) is 0 Å². The quantitative estimate of drug-likeness (QED) is 0.790. The number of nitrogens with one attached hydrogen (secondary N) is 2. The number of hydrogen-bond acceptors (Lipinski definition) is 2. The molecule has 4 fully saturated rings. The number of amides is 2. The zero-order valence-electron chi connectivity index (χ0n) is 13.7. The van der Waals surface area contributed by atoms with Gasteiger partial charge in [0.05, 0.1) is 0 Å². The molecule has 0 heterocycles. The first-order valence-corrected chi connectivity index (χ1v) is 8.91. The fraction of sp³-hybridized carbons (Fsp3) is 0.941. The Kier molecular flexibility index (Phi) is 4.43. The molecule has 0 radical (unpaired) electrons. The summed E-state index contributed by atoms with van der Waals surface area (Å²) in [6.45, 7) is 8.13. The maximum absolute atomic E-state index is 12.2. The molecule has 0 aromatic carbocycles. The van der Waals surface area contributed by atoms with Crippen molar-refractivity contribution in [1.29, 1.82) is 0 Å². The van der Waals surface area contributed by atoms with Gasteiger partial charge in [-0.25, -0.2) is 4.79 Å². The molecule has 0 aliphatic heterocycles. The van der Waals surface area contributed by atoms with Crippen molar-refractivity contribution in [2.75, 3.05) is 26.2 Å². The lowest BCUT2D eigenvalue weighted by molar-refractivity contribution is -0.0135. The third-order valence-electron chi connectivity index (χ3n) is 6.02. The van der Waals surface area contributed by atoms with Crippen LogP contribution in [0.15, 0.2) is 0 Å². The fourth-order valence-corrected chi connectivity index (χ4v) is 5.42. The van der Waals surface area contributed by atoms with Crippen molar-refractivity contribution in [3.63, 3.8) is 0 Å². The van der Waals surface area contributed by atoms with Gasteiger partial charge in [-0.2, -0.15) is 0 Å². The first-order chi connectivity index (χ1) is 10.1. The molecule has 4 bridgehead atoms. The third-order valence-corrected chi connectivity index (χ3v) is 6.02. The maximum atomic E-state index is 12.2. The van der Waals surface area contributed by atoms with Crippen LogP contribution in [0.2, 0.25) is 0 Å². The smallest absolute Gasteiger partial charge is 0.315 e. The molecule has 0 saturated heterocycles. The molecule has 4 nitrogen and oxygen atoms in total. The first-order valence-electron chi connectivity index (χ1n) is 8.91. The predicted molar refractivity (Wildman–Crippen MR) is 85.2 cm³/mol. The summed E-state index contributed by atoms with van der Waals surface area (Å²) >= 11 is 0. The number of nitrogens with zero attached hydrogens (tertiary/aromatic N) is 1. The van der Waals surface area contributed by atoms with Crippen LogP contribution >= 0.6 is 0 Å². The average molecular weight is 293 g/mol. The van der Waals surface area contributed by atoms with Gasteiger partial charge in [-0.1, -0.05) is 13.8 Å². The zero-order chi connectivity index (χ0) is 14.9. The predicted octanol–water partition coefficient (Wildman–Crippen LogP) is 2.60. The second-order valence-electron chi connectivity index (χ2n) is 7.61. The van der Waals surface area contributed by atoms with Gasteiger partial charge in [0.2, 0.25) is 0 Å². The van der Waals surface area contributed by atoms with E-state index < -0.39 is 0 Å². The zero-order valence-corrected chi connectivity index (χ0v) is 13.7. The molecule has 4 heteroatoms. The number of urea groups is 1. The molecule has 4 aliphatic rings. The van der Waals surface area contributed by atoms with Gasteiger partial charge in [0, 0.05) is 18.6 Å². The standard InChI is InChI=1S/C17H31N3O/c1-3-20(4-2)6-5-18-16(21)19-17-10-13-7-14(11-17)9-15(8-13)12-17/h13-15H,3-12H2,1-2H3,(H2,18,19,21). The molecule has 2 amide bonds. The van der Waals surface area contributed by atoms with E-state index in [1.165, 1.54) is 38.5 Å². The Bertz CT molecular complexity index is 343. The highest BCUT2D eigenvalue weighted by Crippen LogP contribution is 2.55. The second-order valence-corrected chi connectivity index (χ2v) is 7.61. The van der Waals surface area contributed by atoms with Crippen LogP contribution in [0, 0.1) is 17.8 Å². The van der Waals surface area contributed by atoms with Crippen LogP contribution in [-0.4, -0.2) is 42.6 Å². The number of carbonyl (C=O) groups is 1. The summed E-state index contributed by atoms with van der Waals surface area (Å²) in [6.07, 6.45) is 7.94. The average Bonchev–Trinajstić information content (AvgIpc) is 2.41. The van der Waals surface area contributed by atoms with Crippen molar-refractivity contribution in [2.24, 2.45) is 17.8 Å². The molecule has 21 heavy (non-hydrogen) atoms. The Balaban J connectivity index is 1.46. The molecule has 2 N–H and O–H groups in total. The minimum atomic E-state index is 0.0594. The van der Waals surface area contributed by atoms with Crippen molar-refractivity contribution in [2.45, 2.75) is 57.9 Å². The van der Waals surface area contributed by atoms with E-state index >= 15 is 0 Å². The Morgan fingerprint density at radius 2 is 1.57 bits per heavy atom. The lowest BCUT2D eigenvalue weighted by Gasteiger charge is -2.56. The topological polar surface area (TPSA) is 44.4 Å². The van der Waals surface area contributed by atoms with Gasteiger partial charge in [-0.15, -0.1) is 0 Å². The van der Waals surface area contributed by atoms with Crippen molar-refractivity contribution in [3.05, 3.63) is 0 Å². The molecule has 4 saturated carbocycles. The summed E-state index contributed by atoms with van der Waals surface area (Å²) in [5.41, 5.74) is 0.133. The van der Waals surface area contributed by atoms with E-state index in [2.05, 4.69) is 29.4 Å². The summed E-state index contributed by atoms with van der Waals surface area (Å²) in [6, 6.07) is 0.0594. The minimum absolute atomic E-state index is 0.0594. The normalized spacial score (nSPS) is 37.0. The SMILES string of the molecule is CCN(CC)CCNC(=O)NC12CC3CC(CC(C3)C1)C2. The third kappa shape index (κ3) is 3.36. The largest absolute Gasteiger partial charge is 0.337 e. The number of likely N-dealkylation sites (N-methyl/N-ethyl adjacent to an activating group) is 1. The second kappa shape index (κ2) is 6.15. The van der Waals surface area contributed by atoms with Crippen molar-refractivity contribution in [3.8, 4) is 0 Å². The molecule has 120 valence electrons. The van der Waals surface area contributed by atoms with E-state index in [4.69, 9.17) is 0 Å². The molecule has 0 aromatic rings. The molecule has 0 atom stereocenters. The Morgan fingerprint density at radius 3 is 2.05 bits per heavy atom. The van der Waals surface area contributed by atoms with Crippen LogP contribution in [-0.2, 0) is 0 Å². The molecular weight excluding hydrogens is 262 g/mol. The highest BCUT2D eigenvalue weighted by Gasteiger charge is 2.51. The van der Waals surface area contributed by atoms with Crippen LogP contribution in [0.25, 0.3) is 0 Å². The van der Waals surface area contributed by atoms with Crippen LogP contribution in [0.3, 0.4) is 0 Å². The molecule has 4 rings (SSSR count). The van der Waals surface area contributed by atoms with Crippen molar-refractivity contribution < 1.29 is 4.79 Å². The monoisotopic (exact) mass is 293 g/mol. The lowest BCUT2D eigenvalue weighted by Crippen LogP contribution is -2.61. The summed E-state index contributed by atoms with van der Waals surface area (Å²) in [7, 11) is 0. The highest BCUT2D eigenvalue weighted by atomic mass is 16.2. The van der Waals surface area contributed by atoms with Gasteiger partial charge in [-0.3, -0.25) is 0 Å². The fourth-order valence-electron chi connectivity index (χ4n) is 5.42. The molecular formula is C17H31N3O. The molecule has 0 spiro atoms. The number of carbonyl (C=O) groups excluding carboxylic acids is 1. The summed E-state index contributed by atoms with van der Waals surface area (Å²) in [5.74, 6) is 2.65. The summed E-state index contributed by atoms with van der Waals surface area (Å²) in [5, 5.41) is 6.43. The van der Waals surface area contributed by atoms with Gasteiger partial charge in [0.25, 0.3) is 0 Å². The van der Waals surface area contributed by atoms with E-state index in [-0.39, 0.29) is 11.6 Å². The Labute approximate surface area is 129 Å². The van der Waals surface area contributed by atoms with E-state index in [1.54, 1.807) is 0 Å². The molecule has 0 aromatic heterocycles. The van der Waals surface area contributed by atoms with E-state index in [1.807, 2.05) is 0 Å². The van der Waals surface area contributed by atoms with Crippen LogP contribution < -0.4 is 10.6 Å². The van der Waals surface area contributed by atoms with Crippen LogP contribution in [0.4, 0.5) is 4.79 Å². The van der Waals surface area contributed by atoms with Crippen LogP contribution in [0.1, 0.15) is 52.4 Å². The van der Waals surface area contributed by atoms with Gasteiger partial charge < -0.3 is 15.5 Å². The maximum Gasteiger partial charge on any atom is 0.315 e. The lowest BCUT2D eigenvalue weighted by atomic mass is 9.53. The molecule has 4 aliphatic carbocycles. The van der Waals surface area contributed by atoms with E-state index in [9.17, 15) is 4.79 Å². The van der Waals surface area contributed by atoms with Gasteiger partial charge in [0.15, 0.2) is 0 Å². The number of rotatable bonds is 6. The van der Waals surface area contributed by atoms with Crippen molar-refractivity contribution >= 4 is 6.03 Å². The van der Waals surface area contributed by atoms with Gasteiger partial charge in [0.1, 0.15) is 0 Å². The van der Waals surface area contributed by atoms with E-state index in [0.717, 1.165) is 43.9 Å². The number of hydrogen-bond donors (Lipinski definition) is 2. The summed E-state index contributed by atoms with van der Waals surface area (Å²) in [4.78, 5) is 14.6.